The summed E-state index contributed by atoms with van der Waals surface area (Å²) in [6.07, 6.45) is 0. The summed E-state index contributed by atoms with van der Waals surface area (Å²) in [5, 5.41) is 3.42. The molecule has 0 bridgehead atoms. The van der Waals surface area contributed by atoms with Crippen LogP contribution in [0, 0.1) is 13.8 Å². The van der Waals surface area contributed by atoms with Gasteiger partial charge < -0.3 is 6.92 Å². The molecule has 4 nitrogen and oxygen atoms in total. The van der Waals surface area contributed by atoms with Crippen LogP contribution in [0.25, 0.3) is 0 Å². The van der Waals surface area contributed by atoms with E-state index in [-0.39, 0.29) is 18.9 Å². The number of aryl methyl sites for hydroxylation is 1. The number of rotatable bonds is 1. The van der Waals surface area contributed by atoms with Crippen molar-refractivity contribution in [1.29, 1.82) is 0 Å². The fraction of sp³-hybridized carbons (Fsp3) is 0.400. The molecule has 0 spiro atoms. The number of hydrogen-bond donors (Lipinski definition) is 0. The number of nitrogens with zero attached hydrogens (tertiary/aromatic N) is 2. The SMILES string of the molecule is [CH2-]Cn1c(C)noc1=O.[Li+]. The van der Waals surface area contributed by atoms with Gasteiger partial charge in [-0.05, 0) is 6.92 Å². The van der Waals surface area contributed by atoms with Crippen LogP contribution in [0.5, 0.6) is 0 Å². The summed E-state index contributed by atoms with van der Waals surface area (Å²) >= 11 is 0. The van der Waals surface area contributed by atoms with Crippen molar-refractivity contribution < 1.29 is 23.4 Å². The van der Waals surface area contributed by atoms with E-state index in [9.17, 15) is 4.79 Å². The molecular formula is C5H7LiN2O2. The maximum absolute atomic E-state index is 10.6. The predicted octanol–water partition coefficient (Wildman–Crippen LogP) is -3.02. The molecule has 0 aliphatic heterocycles. The second-order valence-electron chi connectivity index (χ2n) is 1.65. The molecule has 0 radical (unpaired) electrons. The van der Waals surface area contributed by atoms with E-state index in [1.807, 2.05) is 0 Å². The Morgan fingerprint density at radius 3 is 2.60 bits per heavy atom. The Bertz CT molecular complexity index is 252. The summed E-state index contributed by atoms with van der Waals surface area (Å²) in [5.41, 5.74) is 0. The van der Waals surface area contributed by atoms with Gasteiger partial charge in [0.15, 0.2) is 0 Å². The molecule has 0 aliphatic rings. The molecule has 5 heteroatoms. The van der Waals surface area contributed by atoms with Gasteiger partial charge in [0, 0.05) is 0 Å². The van der Waals surface area contributed by atoms with Crippen LogP contribution in [-0.2, 0) is 6.54 Å². The Kier molecular flexibility index (Phi) is 3.48. The summed E-state index contributed by atoms with van der Waals surface area (Å²) in [4.78, 5) is 10.6. The van der Waals surface area contributed by atoms with E-state index in [1.165, 1.54) is 4.57 Å². The molecule has 1 rings (SSSR count). The third-order valence-corrected chi connectivity index (χ3v) is 1.09. The fourth-order valence-electron chi connectivity index (χ4n) is 0.589. The molecule has 0 saturated heterocycles. The molecule has 0 N–H and O–H groups in total. The van der Waals surface area contributed by atoms with Crippen molar-refractivity contribution in [3.05, 3.63) is 23.3 Å². The predicted molar refractivity (Wildman–Crippen MR) is 30.9 cm³/mol. The van der Waals surface area contributed by atoms with Gasteiger partial charge in [0.25, 0.3) is 0 Å². The molecule has 1 aromatic heterocycles. The van der Waals surface area contributed by atoms with E-state index in [0.717, 1.165) is 0 Å². The largest absolute Gasteiger partial charge is 1.00 e. The zero-order valence-corrected chi connectivity index (χ0v) is 6.13. The Morgan fingerprint density at radius 2 is 2.40 bits per heavy atom. The van der Waals surface area contributed by atoms with E-state index in [2.05, 4.69) is 16.6 Å². The molecule has 50 valence electrons. The van der Waals surface area contributed by atoms with Gasteiger partial charge in [0.1, 0.15) is 5.82 Å². The molecular weight excluding hydrogens is 127 g/mol. The average Bonchev–Trinajstić information content (AvgIpc) is 2.12. The third-order valence-electron chi connectivity index (χ3n) is 1.09. The van der Waals surface area contributed by atoms with Gasteiger partial charge in [-0.1, -0.05) is 11.7 Å². The maximum Gasteiger partial charge on any atom is 1.00 e. The topological polar surface area (TPSA) is 48.0 Å². The first-order valence-corrected chi connectivity index (χ1v) is 2.58. The van der Waals surface area contributed by atoms with Gasteiger partial charge in [-0.2, -0.15) is 0 Å². The summed E-state index contributed by atoms with van der Waals surface area (Å²) in [5.74, 6) is 0.123. The Labute approximate surface area is 70.4 Å². The molecule has 0 atom stereocenters. The van der Waals surface area contributed by atoms with Gasteiger partial charge in [-0.15, -0.1) is 0 Å². The summed E-state index contributed by atoms with van der Waals surface area (Å²) in [6.45, 7) is 5.57. The van der Waals surface area contributed by atoms with Crippen LogP contribution >= 0.6 is 0 Å². The van der Waals surface area contributed by atoms with Crippen molar-refractivity contribution >= 4 is 0 Å². The maximum atomic E-state index is 10.6. The Balaban J connectivity index is 0.000000810. The van der Waals surface area contributed by atoms with Crippen LogP contribution in [0.1, 0.15) is 5.82 Å². The molecule has 0 aromatic carbocycles. The van der Waals surface area contributed by atoms with E-state index in [1.54, 1.807) is 6.92 Å². The van der Waals surface area contributed by atoms with Crippen molar-refractivity contribution in [2.45, 2.75) is 13.5 Å². The number of hydrogen-bond acceptors (Lipinski definition) is 3. The smallest absolute Gasteiger partial charge is 0.324 e. The van der Waals surface area contributed by atoms with E-state index in [0.29, 0.717) is 12.4 Å². The van der Waals surface area contributed by atoms with Gasteiger partial charge in [-0.3, -0.25) is 9.09 Å². The van der Waals surface area contributed by atoms with E-state index >= 15 is 0 Å². The van der Waals surface area contributed by atoms with Crippen LogP contribution < -0.4 is 24.6 Å². The second-order valence-corrected chi connectivity index (χ2v) is 1.65. The fourth-order valence-corrected chi connectivity index (χ4v) is 0.589. The van der Waals surface area contributed by atoms with Gasteiger partial charge >= 0.3 is 24.6 Å². The molecule has 0 amide bonds. The summed E-state index contributed by atoms with van der Waals surface area (Å²) in [7, 11) is 0. The van der Waals surface area contributed by atoms with Crippen molar-refractivity contribution in [3.63, 3.8) is 0 Å². The van der Waals surface area contributed by atoms with Gasteiger partial charge in [0.2, 0.25) is 0 Å². The molecule has 0 unspecified atom stereocenters. The van der Waals surface area contributed by atoms with Crippen LogP contribution in [0.2, 0.25) is 0 Å². The van der Waals surface area contributed by atoms with E-state index < -0.39 is 5.76 Å². The first-order valence-electron chi connectivity index (χ1n) is 2.58. The minimum absolute atomic E-state index is 0. The van der Waals surface area contributed by atoms with Gasteiger partial charge in [-0.25, -0.2) is 4.79 Å². The van der Waals surface area contributed by atoms with Crippen LogP contribution in [0.15, 0.2) is 9.32 Å². The van der Waals surface area contributed by atoms with Crippen molar-refractivity contribution in [3.8, 4) is 0 Å². The minimum atomic E-state index is -0.442. The third kappa shape index (κ3) is 1.52. The van der Waals surface area contributed by atoms with E-state index in [4.69, 9.17) is 0 Å². The quantitative estimate of drug-likeness (QED) is 0.303. The molecule has 0 fully saturated rings. The molecule has 10 heavy (non-hydrogen) atoms. The summed E-state index contributed by atoms with van der Waals surface area (Å²) < 4.78 is 5.65. The molecule has 1 aromatic rings. The molecule has 0 aliphatic carbocycles. The minimum Gasteiger partial charge on any atom is -0.324 e. The molecule has 0 saturated carbocycles. The number of aromatic nitrogens is 2. The molecule has 1 heterocycles. The second kappa shape index (κ2) is 3.64. The van der Waals surface area contributed by atoms with Gasteiger partial charge in [0.05, 0.1) is 0 Å². The first kappa shape index (κ1) is 9.54. The monoisotopic (exact) mass is 134 g/mol. The van der Waals surface area contributed by atoms with Crippen molar-refractivity contribution in [1.82, 2.24) is 9.72 Å². The van der Waals surface area contributed by atoms with Crippen molar-refractivity contribution in [2.24, 2.45) is 0 Å². The zero-order valence-electron chi connectivity index (χ0n) is 6.13. The van der Waals surface area contributed by atoms with Crippen LogP contribution in [0.4, 0.5) is 0 Å². The Hall–Kier alpha value is -0.463. The first-order chi connectivity index (χ1) is 4.25. The normalized spacial score (nSPS) is 9.00. The average molecular weight is 134 g/mol. The zero-order chi connectivity index (χ0) is 6.85. The summed E-state index contributed by atoms with van der Waals surface area (Å²) in [6, 6.07) is 0. The standard InChI is InChI=1S/C5H7N2O2.Li/c1-3-7-4(2)6-9-5(7)8;/h1,3H2,2H3;/q-1;+1. The van der Waals surface area contributed by atoms with Crippen molar-refractivity contribution in [2.75, 3.05) is 0 Å². The van der Waals surface area contributed by atoms with Crippen LogP contribution in [-0.4, -0.2) is 9.72 Å². The Morgan fingerprint density at radius 1 is 1.80 bits per heavy atom. The van der Waals surface area contributed by atoms with Crippen LogP contribution in [0.3, 0.4) is 0 Å².